The second-order valence-electron chi connectivity index (χ2n) is 4.75. The Balaban J connectivity index is 1.89. The molecule has 0 saturated heterocycles. The highest BCUT2D eigenvalue weighted by molar-refractivity contribution is 7.09. The van der Waals surface area contributed by atoms with Crippen LogP contribution in [-0.4, -0.2) is 28.6 Å². The number of thiophene rings is 1. The molecule has 0 aliphatic carbocycles. The zero-order chi connectivity index (χ0) is 15.9. The molecule has 0 atom stereocenters. The first-order chi connectivity index (χ1) is 10.6. The predicted molar refractivity (Wildman–Crippen MR) is 86.0 cm³/mol. The number of rotatable bonds is 6. The van der Waals surface area contributed by atoms with E-state index >= 15 is 0 Å². The molecule has 2 amide bonds. The molecule has 0 radical (unpaired) electrons. The fraction of sp³-hybridized carbons (Fsp3) is 0.250. The molecule has 1 heterocycles. The minimum atomic E-state index is -0.955. The molecule has 22 heavy (non-hydrogen) atoms. The molecule has 0 bridgehead atoms. The van der Waals surface area contributed by atoms with Gasteiger partial charge in [-0.05, 0) is 36.1 Å². The number of benzene rings is 1. The summed E-state index contributed by atoms with van der Waals surface area (Å²) in [5.41, 5.74) is 1.11. The average Bonchev–Trinajstić information content (AvgIpc) is 3.03. The van der Waals surface area contributed by atoms with Crippen molar-refractivity contribution in [1.29, 1.82) is 0 Å². The topological polar surface area (TPSA) is 69.6 Å². The summed E-state index contributed by atoms with van der Waals surface area (Å²) in [4.78, 5) is 25.8. The van der Waals surface area contributed by atoms with E-state index in [0.29, 0.717) is 19.6 Å². The van der Waals surface area contributed by atoms with Crippen molar-refractivity contribution in [3.8, 4) is 0 Å². The van der Waals surface area contributed by atoms with Crippen molar-refractivity contribution in [3.05, 3.63) is 57.8 Å². The van der Waals surface area contributed by atoms with Crippen LogP contribution < -0.4 is 5.32 Å². The number of nitrogens with zero attached hydrogens (tertiary/aromatic N) is 1. The molecule has 116 valence electrons. The highest BCUT2D eigenvalue weighted by Gasteiger charge is 2.12. The molecule has 1 aromatic carbocycles. The van der Waals surface area contributed by atoms with E-state index in [2.05, 4.69) is 5.32 Å². The Hall–Kier alpha value is -2.34. The summed E-state index contributed by atoms with van der Waals surface area (Å²) in [5, 5.41) is 13.7. The van der Waals surface area contributed by atoms with E-state index in [0.717, 1.165) is 10.4 Å². The van der Waals surface area contributed by atoms with Crippen molar-refractivity contribution in [2.45, 2.75) is 20.0 Å². The van der Waals surface area contributed by atoms with E-state index in [1.165, 1.54) is 12.1 Å². The summed E-state index contributed by atoms with van der Waals surface area (Å²) in [6.45, 7) is 3.54. The van der Waals surface area contributed by atoms with Crippen LogP contribution in [0.1, 0.15) is 27.7 Å². The van der Waals surface area contributed by atoms with Crippen molar-refractivity contribution in [2.24, 2.45) is 0 Å². The monoisotopic (exact) mass is 318 g/mol. The first kappa shape index (κ1) is 16.0. The van der Waals surface area contributed by atoms with Crippen LogP contribution in [0.3, 0.4) is 0 Å². The molecule has 0 saturated carbocycles. The van der Waals surface area contributed by atoms with Crippen LogP contribution in [0.2, 0.25) is 0 Å². The van der Waals surface area contributed by atoms with E-state index in [9.17, 15) is 9.59 Å². The molecule has 0 aliphatic rings. The molecule has 6 heteroatoms. The normalized spacial score (nSPS) is 10.2. The molecule has 0 aliphatic heterocycles. The molecular weight excluding hydrogens is 300 g/mol. The highest BCUT2D eigenvalue weighted by atomic mass is 32.1. The molecule has 0 fully saturated rings. The fourth-order valence-corrected chi connectivity index (χ4v) is 2.69. The van der Waals surface area contributed by atoms with Crippen molar-refractivity contribution in [3.63, 3.8) is 0 Å². The number of carbonyl (C=O) groups excluding carboxylic acids is 1. The average molecular weight is 318 g/mol. The number of hydrogen-bond acceptors (Lipinski definition) is 3. The predicted octanol–water partition coefficient (Wildman–Crippen LogP) is 3.18. The third kappa shape index (κ3) is 4.33. The van der Waals surface area contributed by atoms with Crippen molar-refractivity contribution >= 4 is 23.3 Å². The van der Waals surface area contributed by atoms with Crippen LogP contribution in [0.4, 0.5) is 4.79 Å². The Kier molecular flexibility index (Phi) is 5.55. The van der Waals surface area contributed by atoms with Crippen LogP contribution in [-0.2, 0) is 13.1 Å². The van der Waals surface area contributed by atoms with Gasteiger partial charge < -0.3 is 15.3 Å². The Labute approximate surface area is 133 Å². The van der Waals surface area contributed by atoms with Gasteiger partial charge in [0.1, 0.15) is 0 Å². The Bertz CT molecular complexity index is 623. The quantitative estimate of drug-likeness (QED) is 0.859. The van der Waals surface area contributed by atoms with Crippen LogP contribution in [0, 0.1) is 0 Å². The molecule has 2 N–H and O–H groups in total. The summed E-state index contributed by atoms with van der Waals surface area (Å²) in [7, 11) is 0. The first-order valence-corrected chi connectivity index (χ1v) is 7.85. The summed E-state index contributed by atoms with van der Waals surface area (Å²) < 4.78 is 0. The lowest BCUT2D eigenvalue weighted by Crippen LogP contribution is -2.38. The fourth-order valence-electron chi connectivity index (χ4n) is 1.97. The smallest absolute Gasteiger partial charge is 0.335 e. The number of amides is 2. The summed E-state index contributed by atoms with van der Waals surface area (Å²) >= 11 is 1.63. The lowest BCUT2D eigenvalue weighted by molar-refractivity contribution is 0.0697. The van der Waals surface area contributed by atoms with Gasteiger partial charge >= 0.3 is 12.0 Å². The van der Waals surface area contributed by atoms with E-state index in [1.54, 1.807) is 28.4 Å². The molecule has 5 nitrogen and oxygen atoms in total. The third-order valence-electron chi connectivity index (χ3n) is 3.24. The van der Waals surface area contributed by atoms with Gasteiger partial charge in [-0.1, -0.05) is 18.2 Å². The maximum atomic E-state index is 12.2. The summed E-state index contributed by atoms with van der Waals surface area (Å²) in [6, 6.07) is 10.3. The van der Waals surface area contributed by atoms with E-state index in [-0.39, 0.29) is 11.6 Å². The Morgan fingerprint density at radius 2 is 1.95 bits per heavy atom. The molecule has 2 aromatic rings. The van der Waals surface area contributed by atoms with Gasteiger partial charge in [-0.3, -0.25) is 0 Å². The number of carboxylic acid groups (broad SMARTS) is 1. The number of urea groups is 1. The summed E-state index contributed by atoms with van der Waals surface area (Å²) in [6.07, 6.45) is 0. The van der Waals surface area contributed by atoms with E-state index in [4.69, 9.17) is 5.11 Å². The number of aromatic carboxylic acids is 1. The number of carboxylic acids is 1. The van der Waals surface area contributed by atoms with Gasteiger partial charge in [0.05, 0.1) is 12.1 Å². The lowest BCUT2D eigenvalue weighted by Gasteiger charge is -2.20. The van der Waals surface area contributed by atoms with Crippen molar-refractivity contribution in [1.82, 2.24) is 10.2 Å². The third-order valence-corrected chi connectivity index (χ3v) is 4.10. The molecule has 1 aromatic heterocycles. The Morgan fingerprint density at radius 3 is 2.50 bits per heavy atom. The molecule has 0 spiro atoms. The number of hydrogen-bond donors (Lipinski definition) is 2. The van der Waals surface area contributed by atoms with Crippen LogP contribution in [0.15, 0.2) is 41.8 Å². The van der Waals surface area contributed by atoms with E-state index in [1.807, 2.05) is 24.4 Å². The second-order valence-corrected chi connectivity index (χ2v) is 5.79. The van der Waals surface area contributed by atoms with Crippen LogP contribution >= 0.6 is 11.3 Å². The standard InChI is InChI=1S/C16H18N2O3S/c1-2-18(11-14-4-3-9-22-14)16(21)17-10-12-5-7-13(8-6-12)15(19)20/h3-9H,2,10-11H2,1H3,(H,17,21)(H,19,20). The number of carbonyl (C=O) groups is 2. The maximum absolute atomic E-state index is 12.2. The minimum absolute atomic E-state index is 0.127. The SMILES string of the molecule is CCN(Cc1cccs1)C(=O)NCc1ccc(C(=O)O)cc1. The van der Waals surface area contributed by atoms with Gasteiger partial charge in [-0.15, -0.1) is 11.3 Å². The van der Waals surface area contributed by atoms with Gasteiger partial charge in [-0.25, -0.2) is 9.59 Å². The highest BCUT2D eigenvalue weighted by Crippen LogP contribution is 2.12. The van der Waals surface area contributed by atoms with Crippen molar-refractivity contribution < 1.29 is 14.7 Å². The second kappa shape index (κ2) is 7.61. The first-order valence-electron chi connectivity index (χ1n) is 6.97. The maximum Gasteiger partial charge on any atom is 0.335 e. The van der Waals surface area contributed by atoms with Crippen molar-refractivity contribution in [2.75, 3.05) is 6.54 Å². The molecular formula is C16H18N2O3S. The van der Waals surface area contributed by atoms with Gasteiger partial charge in [0, 0.05) is 18.0 Å². The van der Waals surface area contributed by atoms with Gasteiger partial charge in [0.25, 0.3) is 0 Å². The Morgan fingerprint density at radius 1 is 1.23 bits per heavy atom. The zero-order valence-electron chi connectivity index (χ0n) is 12.3. The minimum Gasteiger partial charge on any atom is -0.478 e. The zero-order valence-corrected chi connectivity index (χ0v) is 13.1. The lowest BCUT2D eigenvalue weighted by atomic mass is 10.1. The molecule has 0 unspecified atom stereocenters. The number of nitrogens with one attached hydrogen (secondary N) is 1. The van der Waals surface area contributed by atoms with Gasteiger partial charge in [0.15, 0.2) is 0 Å². The summed E-state index contributed by atoms with van der Waals surface area (Å²) in [5.74, 6) is -0.955. The van der Waals surface area contributed by atoms with Gasteiger partial charge in [-0.2, -0.15) is 0 Å². The molecule has 2 rings (SSSR count). The van der Waals surface area contributed by atoms with Crippen LogP contribution in [0.25, 0.3) is 0 Å². The largest absolute Gasteiger partial charge is 0.478 e. The van der Waals surface area contributed by atoms with E-state index < -0.39 is 5.97 Å². The van der Waals surface area contributed by atoms with Crippen LogP contribution in [0.5, 0.6) is 0 Å². The van der Waals surface area contributed by atoms with Gasteiger partial charge in [0.2, 0.25) is 0 Å².